The van der Waals surface area contributed by atoms with E-state index >= 15 is 0 Å². The van der Waals surface area contributed by atoms with Crippen LogP contribution < -0.4 is 5.32 Å². The average Bonchev–Trinajstić information content (AvgIpc) is 2.66. The average molecular weight is 423 g/mol. The Morgan fingerprint density at radius 3 is 2.63 bits per heavy atom. The lowest BCUT2D eigenvalue weighted by atomic mass is 9.95. The molecule has 0 atom stereocenters. The molecular formula is C21H24Cl2N2OS. The number of benzene rings is 2. The summed E-state index contributed by atoms with van der Waals surface area (Å²) in [6, 6.07) is 13.6. The zero-order valence-electron chi connectivity index (χ0n) is 15.4. The van der Waals surface area contributed by atoms with Crippen LogP contribution in [-0.4, -0.2) is 29.6 Å². The van der Waals surface area contributed by atoms with Gasteiger partial charge in [-0.2, -0.15) is 0 Å². The summed E-state index contributed by atoms with van der Waals surface area (Å²) in [5.74, 6) is 1.17. The fourth-order valence-corrected chi connectivity index (χ4v) is 4.56. The molecule has 0 aliphatic carbocycles. The minimum atomic E-state index is 0.0571. The number of rotatable bonds is 6. The molecule has 1 saturated heterocycles. The van der Waals surface area contributed by atoms with Crippen molar-refractivity contribution in [2.45, 2.75) is 31.2 Å². The maximum Gasteiger partial charge on any atom is 0.227 e. The number of para-hydroxylation sites is 1. The Balaban J connectivity index is 1.53. The van der Waals surface area contributed by atoms with Crippen LogP contribution in [0.15, 0.2) is 47.4 Å². The van der Waals surface area contributed by atoms with Gasteiger partial charge in [0.05, 0.1) is 5.69 Å². The zero-order chi connectivity index (χ0) is 19.2. The second kappa shape index (κ2) is 9.83. The fraction of sp³-hybridized carbons (Fsp3) is 0.381. The topological polar surface area (TPSA) is 32.3 Å². The van der Waals surface area contributed by atoms with Crippen LogP contribution in [0.4, 0.5) is 5.69 Å². The van der Waals surface area contributed by atoms with Gasteiger partial charge in [0, 0.05) is 27.4 Å². The maximum absolute atomic E-state index is 12.7. The summed E-state index contributed by atoms with van der Waals surface area (Å²) in [7, 11) is 0. The number of hydrogen-bond donors (Lipinski definition) is 1. The van der Waals surface area contributed by atoms with Gasteiger partial charge in [-0.15, -0.1) is 11.8 Å². The van der Waals surface area contributed by atoms with Gasteiger partial charge in [-0.3, -0.25) is 9.69 Å². The molecular weight excluding hydrogens is 399 g/mol. The van der Waals surface area contributed by atoms with Crippen molar-refractivity contribution in [3.05, 3.63) is 58.1 Å². The number of amides is 1. The van der Waals surface area contributed by atoms with Crippen LogP contribution in [0.2, 0.25) is 10.0 Å². The summed E-state index contributed by atoms with van der Waals surface area (Å²) >= 11 is 14.0. The SMILES string of the molecule is CCSc1ccccc1NC(=O)C1CCN(Cc2ccc(Cl)cc2Cl)CC1. The van der Waals surface area contributed by atoms with Crippen LogP contribution >= 0.6 is 35.0 Å². The van der Waals surface area contributed by atoms with Gasteiger partial charge in [0.2, 0.25) is 5.91 Å². The Bertz CT molecular complexity index is 792. The third-order valence-electron chi connectivity index (χ3n) is 4.81. The van der Waals surface area contributed by atoms with Gasteiger partial charge < -0.3 is 5.32 Å². The van der Waals surface area contributed by atoms with Crippen LogP contribution in [0, 0.1) is 5.92 Å². The van der Waals surface area contributed by atoms with Crippen molar-refractivity contribution in [3.63, 3.8) is 0 Å². The summed E-state index contributed by atoms with van der Waals surface area (Å²) in [5, 5.41) is 4.49. The van der Waals surface area contributed by atoms with E-state index < -0.39 is 0 Å². The molecule has 3 rings (SSSR count). The molecule has 1 heterocycles. The molecule has 27 heavy (non-hydrogen) atoms. The van der Waals surface area contributed by atoms with Crippen LogP contribution in [0.25, 0.3) is 0 Å². The highest BCUT2D eigenvalue weighted by Crippen LogP contribution is 2.29. The summed E-state index contributed by atoms with van der Waals surface area (Å²) in [5.41, 5.74) is 2.00. The minimum absolute atomic E-state index is 0.0571. The minimum Gasteiger partial charge on any atom is -0.325 e. The number of halogens is 2. The number of thioether (sulfide) groups is 1. The summed E-state index contributed by atoms with van der Waals surface area (Å²) < 4.78 is 0. The van der Waals surface area contributed by atoms with Crippen LogP contribution in [0.5, 0.6) is 0 Å². The second-order valence-electron chi connectivity index (χ2n) is 6.70. The molecule has 1 aliphatic rings. The van der Waals surface area contributed by atoms with Crippen molar-refractivity contribution in [1.82, 2.24) is 4.90 Å². The number of nitrogens with one attached hydrogen (secondary N) is 1. The van der Waals surface area contributed by atoms with E-state index in [0.717, 1.165) is 54.4 Å². The number of hydrogen-bond acceptors (Lipinski definition) is 3. The molecule has 0 radical (unpaired) electrons. The Hall–Kier alpha value is -1.20. The molecule has 0 spiro atoms. The first-order valence-corrected chi connectivity index (χ1v) is 11.0. The lowest BCUT2D eigenvalue weighted by Gasteiger charge is -2.31. The second-order valence-corrected chi connectivity index (χ2v) is 8.85. The van der Waals surface area contributed by atoms with E-state index in [1.165, 1.54) is 0 Å². The molecule has 0 bridgehead atoms. The van der Waals surface area contributed by atoms with Crippen molar-refractivity contribution in [3.8, 4) is 0 Å². The number of anilines is 1. The highest BCUT2D eigenvalue weighted by atomic mass is 35.5. The lowest BCUT2D eigenvalue weighted by Crippen LogP contribution is -2.37. The molecule has 1 fully saturated rings. The predicted molar refractivity (Wildman–Crippen MR) is 116 cm³/mol. The van der Waals surface area contributed by atoms with Gasteiger partial charge in [-0.25, -0.2) is 0 Å². The van der Waals surface area contributed by atoms with E-state index in [0.29, 0.717) is 10.0 Å². The highest BCUT2D eigenvalue weighted by Gasteiger charge is 2.25. The Labute approximate surface area is 175 Å². The monoisotopic (exact) mass is 422 g/mol. The first kappa shape index (κ1) is 20.5. The number of nitrogens with zero attached hydrogens (tertiary/aromatic N) is 1. The molecule has 2 aromatic carbocycles. The molecule has 144 valence electrons. The number of carbonyl (C=O) groups is 1. The zero-order valence-corrected chi connectivity index (χ0v) is 17.7. The van der Waals surface area contributed by atoms with E-state index in [1.807, 2.05) is 30.3 Å². The third kappa shape index (κ3) is 5.64. The molecule has 1 aliphatic heterocycles. The van der Waals surface area contributed by atoms with Crippen LogP contribution in [0.3, 0.4) is 0 Å². The molecule has 0 aromatic heterocycles. The Morgan fingerprint density at radius 2 is 1.93 bits per heavy atom. The normalized spacial score (nSPS) is 15.7. The van der Waals surface area contributed by atoms with Crippen molar-refractivity contribution in [2.24, 2.45) is 5.92 Å². The van der Waals surface area contributed by atoms with Gasteiger partial charge >= 0.3 is 0 Å². The van der Waals surface area contributed by atoms with E-state index in [9.17, 15) is 4.79 Å². The number of piperidine rings is 1. The van der Waals surface area contributed by atoms with Gasteiger partial charge in [0.15, 0.2) is 0 Å². The molecule has 6 heteroatoms. The van der Waals surface area contributed by atoms with E-state index in [4.69, 9.17) is 23.2 Å². The molecule has 3 nitrogen and oxygen atoms in total. The van der Waals surface area contributed by atoms with Crippen LogP contribution in [-0.2, 0) is 11.3 Å². The maximum atomic E-state index is 12.7. The van der Waals surface area contributed by atoms with Gasteiger partial charge in [-0.1, -0.05) is 48.3 Å². The summed E-state index contributed by atoms with van der Waals surface area (Å²) in [4.78, 5) is 16.2. The van der Waals surface area contributed by atoms with Gasteiger partial charge in [0.25, 0.3) is 0 Å². The number of carbonyl (C=O) groups excluding carboxylic acids is 1. The molecule has 0 saturated carbocycles. The fourth-order valence-electron chi connectivity index (χ4n) is 3.33. The standard InChI is InChI=1S/C21H24Cl2N2OS/c1-2-27-20-6-4-3-5-19(20)24-21(26)15-9-11-25(12-10-15)14-16-7-8-17(22)13-18(16)23/h3-8,13,15H,2,9-12,14H2,1H3,(H,24,26). The predicted octanol–water partition coefficient (Wildman–Crippen LogP) is 5.96. The van der Waals surface area contributed by atoms with Crippen molar-refractivity contribution >= 4 is 46.6 Å². The Morgan fingerprint density at radius 1 is 1.19 bits per heavy atom. The first-order chi connectivity index (χ1) is 13.1. The van der Waals surface area contributed by atoms with Crippen LogP contribution in [0.1, 0.15) is 25.3 Å². The van der Waals surface area contributed by atoms with E-state index in [2.05, 4.69) is 23.2 Å². The van der Waals surface area contributed by atoms with Crippen molar-refractivity contribution < 1.29 is 4.79 Å². The third-order valence-corrected chi connectivity index (χ3v) is 6.35. The molecule has 0 unspecified atom stereocenters. The molecule has 1 N–H and O–H groups in total. The van der Waals surface area contributed by atoms with E-state index in [1.54, 1.807) is 17.8 Å². The largest absolute Gasteiger partial charge is 0.325 e. The van der Waals surface area contributed by atoms with Crippen molar-refractivity contribution in [1.29, 1.82) is 0 Å². The van der Waals surface area contributed by atoms with E-state index in [-0.39, 0.29) is 11.8 Å². The highest BCUT2D eigenvalue weighted by molar-refractivity contribution is 7.99. The summed E-state index contributed by atoms with van der Waals surface area (Å²) in [6.45, 7) is 4.69. The quantitative estimate of drug-likeness (QED) is 0.583. The Kier molecular flexibility index (Phi) is 7.48. The lowest BCUT2D eigenvalue weighted by molar-refractivity contribution is -0.121. The van der Waals surface area contributed by atoms with Gasteiger partial charge in [0.1, 0.15) is 0 Å². The number of likely N-dealkylation sites (tertiary alicyclic amines) is 1. The first-order valence-electron chi connectivity index (χ1n) is 9.25. The molecule has 2 aromatic rings. The van der Waals surface area contributed by atoms with Crippen molar-refractivity contribution in [2.75, 3.05) is 24.2 Å². The smallest absolute Gasteiger partial charge is 0.227 e. The van der Waals surface area contributed by atoms with Gasteiger partial charge in [-0.05, 0) is 61.5 Å². The molecule has 1 amide bonds. The summed E-state index contributed by atoms with van der Waals surface area (Å²) in [6.07, 6.45) is 1.72.